The van der Waals surface area contributed by atoms with Crippen molar-refractivity contribution in [3.63, 3.8) is 0 Å². The molecule has 6 nitrogen and oxygen atoms in total. The number of hydrogen-bond acceptors (Lipinski definition) is 4. The van der Waals surface area contributed by atoms with Gasteiger partial charge in [0.2, 0.25) is 0 Å². The number of aryl methyl sites for hydroxylation is 1. The summed E-state index contributed by atoms with van der Waals surface area (Å²) in [6, 6.07) is 8.09. The monoisotopic (exact) mass is 326 g/mol. The van der Waals surface area contributed by atoms with E-state index in [9.17, 15) is 0 Å². The average molecular weight is 326 g/mol. The van der Waals surface area contributed by atoms with Gasteiger partial charge in [-0.2, -0.15) is 5.10 Å². The standard InChI is InChI=1S/C18H22N4O2/c1-12-10-14(21-20-12)11-13(2)22-9-8-19-18(22)15-6-5-7-16(23-3)17(15)24-4/h5-10,13H,11H2,1-4H3,(H,20,21)/t13-/m1/s1. The molecule has 3 aromatic rings. The molecule has 0 saturated heterocycles. The van der Waals surface area contributed by atoms with Crippen molar-refractivity contribution in [3.8, 4) is 22.9 Å². The van der Waals surface area contributed by atoms with Gasteiger partial charge in [-0.05, 0) is 32.0 Å². The van der Waals surface area contributed by atoms with Crippen LogP contribution in [-0.2, 0) is 6.42 Å². The molecule has 0 fully saturated rings. The highest BCUT2D eigenvalue weighted by Gasteiger charge is 2.18. The lowest BCUT2D eigenvalue weighted by Gasteiger charge is -2.18. The fourth-order valence-corrected chi connectivity index (χ4v) is 2.92. The fraction of sp³-hybridized carbons (Fsp3) is 0.333. The van der Waals surface area contributed by atoms with Crippen LogP contribution in [-0.4, -0.2) is 34.0 Å². The topological polar surface area (TPSA) is 65.0 Å². The van der Waals surface area contributed by atoms with E-state index in [1.54, 1.807) is 20.4 Å². The summed E-state index contributed by atoms with van der Waals surface area (Å²) in [4.78, 5) is 4.54. The number of H-pyrrole nitrogens is 1. The van der Waals surface area contributed by atoms with Gasteiger partial charge in [-0.25, -0.2) is 4.98 Å². The summed E-state index contributed by atoms with van der Waals surface area (Å²) in [5.41, 5.74) is 3.02. The van der Waals surface area contributed by atoms with E-state index in [1.165, 1.54) is 0 Å². The highest BCUT2D eigenvalue weighted by Crippen LogP contribution is 2.37. The molecule has 0 unspecified atom stereocenters. The van der Waals surface area contributed by atoms with Crippen molar-refractivity contribution >= 4 is 0 Å². The summed E-state index contributed by atoms with van der Waals surface area (Å²) in [6.07, 6.45) is 4.61. The largest absolute Gasteiger partial charge is 0.493 e. The van der Waals surface area contributed by atoms with Gasteiger partial charge < -0.3 is 14.0 Å². The van der Waals surface area contributed by atoms with E-state index in [0.29, 0.717) is 11.5 Å². The average Bonchev–Trinajstić information content (AvgIpc) is 3.22. The third-order valence-electron chi connectivity index (χ3n) is 4.05. The van der Waals surface area contributed by atoms with E-state index in [1.807, 2.05) is 31.3 Å². The smallest absolute Gasteiger partial charge is 0.171 e. The minimum atomic E-state index is 0.209. The van der Waals surface area contributed by atoms with Gasteiger partial charge in [-0.3, -0.25) is 5.10 Å². The van der Waals surface area contributed by atoms with Crippen LogP contribution in [0.3, 0.4) is 0 Å². The summed E-state index contributed by atoms with van der Waals surface area (Å²) < 4.78 is 13.1. The van der Waals surface area contributed by atoms with Crippen molar-refractivity contribution in [2.45, 2.75) is 26.3 Å². The number of ether oxygens (including phenoxy) is 2. The number of nitrogens with zero attached hydrogens (tertiary/aromatic N) is 3. The molecule has 0 aliphatic heterocycles. The second-order valence-corrected chi connectivity index (χ2v) is 5.79. The predicted molar refractivity (Wildman–Crippen MR) is 92.5 cm³/mol. The van der Waals surface area contributed by atoms with Gasteiger partial charge in [0, 0.05) is 30.6 Å². The fourth-order valence-electron chi connectivity index (χ4n) is 2.92. The Morgan fingerprint density at radius 1 is 1.25 bits per heavy atom. The Labute approximate surface area is 141 Å². The van der Waals surface area contributed by atoms with Gasteiger partial charge in [0.25, 0.3) is 0 Å². The zero-order chi connectivity index (χ0) is 17.1. The predicted octanol–water partition coefficient (Wildman–Crippen LogP) is 3.40. The lowest BCUT2D eigenvalue weighted by atomic mass is 10.1. The number of para-hydroxylation sites is 1. The molecule has 0 aliphatic carbocycles. The van der Waals surface area contributed by atoms with E-state index in [-0.39, 0.29) is 6.04 Å². The SMILES string of the molecule is COc1cccc(-c2nccn2[C@H](C)Cc2cc(C)[nH]n2)c1OC. The van der Waals surface area contributed by atoms with E-state index in [0.717, 1.165) is 29.2 Å². The second-order valence-electron chi connectivity index (χ2n) is 5.79. The maximum absolute atomic E-state index is 5.55. The molecule has 0 aliphatic rings. The maximum atomic E-state index is 5.55. The molecule has 126 valence electrons. The first-order valence-corrected chi connectivity index (χ1v) is 7.89. The van der Waals surface area contributed by atoms with Crippen LogP contribution in [0.15, 0.2) is 36.7 Å². The quantitative estimate of drug-likeness (QED) is 0.754. The van der Waals surface area contributed by atoms with Crippen LogP contribution in [0.4, 0.5) is 0 Å². The number of methoxy groups -OCH3 is 2. The normalized spacial score (nSPS) is 12.2. The maximum Gasteiger partial charge on any atom is 0.171 e. The number of nitrogens with one attached hydrogen (secondary N) is 1. The Morgan fingerprint density at radius 3 is 2.75 bits per heavy atom. The van der Waals surface area contributed by atoms with Gasteiger partial charge in [0.1, 0.15) is 5.82 Å². The van der Waals surface area contributed by atoms with E-state index >= 15 is 0 Å². The van der Waals surface area contributed by atoms with Crippen molar-refractivity contribution in [2.24, 2.45) is 0 Å². The number of rotatable bonds is 6. The first-order valence-electron chi connectivity index (χ1n) is 7.89. The molecule has 1 aromatic carbocycles. The third kappa shape index (κ3) is 2.99. The van der Waals surface area contributed by atoms with Crippen molar-refractivity contribution in [3.05, 3.63) is 48.0 Å². The molecule has 1 N–H and O–H groups in total. The molecule has 0 bridgehead atoms. The van der Waals surface area contributed by atoms with Gasteiger partial charge in [-0.15, -0.1) is 0 Å². The van der Waals surface area contributed by atoms with E-state index in [2.05, 4.69) is 32.7 Å². The first-order chi connectivity index (χ1) is 11.6. The molecular formula is C18H22N4O2. The molecule has 3 rings (SSSR count). The Morgan fingerprint density at radius 2 is 2.08 bits per heavy atom. The number of benzene rings is 1. The van der Waals surface area contributed by atoms with Crippen LogP contribution in [0.2, 0.25) is 0 Å². The van der Waals surface area contributed by atoms with Crippen molar-refractivity contribution < 1.29 is 9.47 Å². The van der Waals surface area contributed by atoms with Crippen LogP contribution in [0, 0.1) is 6.92 Å². The number of aromatic amines is 1. The van der Waals surface area contributed by atoms with Crippen molar-refractivity contribution in [2.75, 3.05) is 14.2 Å². The summed E-state index contributed by atoms with van der Waals surface area (Å²) in [7, 11) is 3.28. The van der Waals surface area contributed by atoms with E-state index < -0.39 is 0 Å². The highest BCUT2D eigenvalue weighted by atomic mass is 16.5. The second kappa shape index (κ2) is 6.78. The van der Waals surface area contributed by atoms with Gasteiger partial charge in [-0.1, -0.05) is 6.07 Å². The third-order valence-corrected chi connectivity index (χ3v) is 4.05. The lowest BCUT2D eigenvalue weighted by Crippen LogP contribution is -2.10. The van der Waals surface area contributed by atoms with Crippen molar-refractivity contribution in [1.82, 2.24) is 19.7 Å². The van der Waals surface area contributed by atoms with Gasteiger partial charge in [0.15, 0.2) is 11.5 Å². The van der Waals surface area contributed by atoms with Gasteiger partial charge >= 0.3 is 0 Å². The molecule has 0 radical (unpaired) electrons. The molecule has 24 heavy (non-hydrogen) atoms. The molecule has 0 saturated carbocycles. The van der Waals surface area contributed by atoms with Gasteiger partial charge in [0.05, 0.1) is 25.5 Å². The Bertz CT molecular complexity index is 822. The van der Waals surface area contributed by atoms with Crippen molar-refractivity contribution in [1.29, 1.82) is 0 Å². The van der Waals surface area contributed by atoms with Crippen LogP contribution in [0.5, 0.6) is 11.5 Å². The summed E-state index contributed by atoms with van der Waals surface area (Å²) in [6.45, 7) is 4.16. The first kappa shape index (κ1) is 16.1. The Kier molecular flexibility index (Phi) is 4.55. The zero-order valence-electron chi connectivity index (χ0n) is 14.4. The molecular weight excluding hydrogens is 304 g/mol. The Balaban J connectivity index is 1.96. The highest BCUT2D eigenvalue weighted by molar-refractivity contribution is 5.69. The van der Waals surface area contributed by atoms with Crippen LogP contribution in [0.1, 0.15) is 24.4 Å². The molecule has 2 aromatic heterocycles. The van der Waals surface area contributed by atoms with Crippen LogP contribution < -0.4 is 9.47 Å². The van der Waals surface area contributed by atoms with Crippen LogP contribution in [0.25, 0.3) is 11.4 Å². The van der Waals surface area contributed by atoms with Crippen LogP contribution >= 0.6 is 0 Å². The summed E-state index contributed by atoms with van der Waals surface area (Å²) in [5.74, 6) is 2.24. The summed E-state index contributed by atoms with van der Waals surface area (Å²) >= 11 is 0. The number of hydrogen-bond donors (Lipinski definition) is 1. The molecule has 6 heteroatoms. The molecule has 0 spiro atoms. The molecule has 0 amide bonds. The summed E-state index contributed by atoms with van der Waals surface area (Å²) in [5, 5.41) is 7.31. The zero-order valence-corrected chi connectivity index (χ0v) is 14.4. The Hall–Kier alpha value is -2.76. The minimum absolute atomic E-state index is 0.209. The molecule has 1 atom stereocenters. The lowest BCUT2D eigenvalue weighted by molar-refractivity contribution is 0.355. The van der Waals surface area contributed by atoms with E-state index in [4.69, 9.17) is 9.47 Å². The number of imidazole rings is 1. The molecule has 2 heterocycles. The minimum Gasteiger partial charge on any atom is -0.493 e. The number of aromatic nitrogens is 4.